The molecule has 2 heterocycles. The molecule has 2 aromatic heterocycles. The summed E-state index contributed by atoms with van der Waals surface area (Å²) in [4.78, 5) is 29.1. The summed E-state index contributed by atoms with van der Waals surface area (Å²) >= 11 is 1.56. The molecule has 0 spiro atoms. The van der Waals surface area contributed by atoms with Gasteiger partial charge in [0.25, 0.3) is 5.56 Å². The van der Waals surface area contributed by atoms with E-state index in [-0.39, 0.29) is 5.56 Å². The summed E-state index contributed by atoms with van der Waals surface area (Å²) < 4.78 is 1.11. The van der Waals surface area contributed by atoms with Crippen LogP contribution in [0.15, 0.2) is 11.1 Å². The maximum absolute atomic E-state index is 12.3. The first-order valence-corrected chi connectivity index (χ1v) is 7.07. The highest BCUT2D eigenvalue weighted by Crippen LogP contribution is 2.35. The molecule has 3 rings (SSSR count). The van der Waals surface area contributed by atoms with Gasteiger partial charge in [0.2, 0.25) is 0 Å². The second kappa shape index (κ2) is 4.45. The van der Waals surface area contributed by atoms with E-state index in [1.807, 2.05) is 0 Å². The lowest BCUT2D eigenvalue weighted by Crippen LogP contribution is -2.33. The zero-order valence-corrected chi connectivity index (χ0v) is 11.3. The molecule has 0 N–H and O–H groups in total. The number of hydrogen-bond donors (Lipinski definition) is 0. The molecule has 0 fully saturated rings. The smallest absolute Gasteiger partial charge is 0.262 e. The molecule has 0 saturated carbocycles. The number of aromatic nitrogens is 2. The Morgan fingerprint density at radius 3 is 3.16 bits per heavy atom. The van der Waals surface area contributed by atoms with Gasteiger partial charge in [0.1, 0.15) is 4.83 Å². The largest absolute Gasteiger partial charge is 0.548 e. The van der Waals surface area contributed by atoms with Gasteiger partial charge in [0, 0.05) is 4.88 Å². The fourth-order valence-electron chi connectivity index (χ4n) is 2.62. The van der Waals surface area contributed by atoms with Gasteiger partial charge in [-0.25, -0.2) is 4.98 Å². The SMILES string of the molecule is C[C@H]1CCc2c(sc3ncn(CC(=O)[O-])c(=O)c23)C1. The van der Waals surface area contributed by atoms with Gasteiger partial charge in [-0.2, -0.15) is 0 Å². The number of carbonyl (C=O) groups is 1. The Morgan fingerprint density at radius 1 is 1.63 bits per heavy atom. The topological polar surface area (TPSA) is 75.0 Å². The Kier molecular flexibility index (Phi) is 2.89. The molecule has 6 heteroatoms. The van der Waals surface area contributed by atoms with Crippen molar-refractivity contribution < 1.29 is 9.90 Å². The van der Waals surface area contributed by atoms with E-state index in [1.54, 1.807) is 11.3 Å². The summed E-state index contributed by atoms with van der Waals surface area (Å²) in [7, 11) is 0. The molecule has 0 amide bonds. The molecule has 0 aromatic carbocycles. The van der Waals surface area contributed by atoms with Gasteiger partial charge < -0.3 is 9.90 Å². The summed E-state index contributed by atoms with van der Waals surface area (Å²) in [5, 5.41) is 11.2. The average Bonchev–Trinajstić information content (AvgIpc) is 2.70. The van der Waals surface area contributed by atoms with Crippen molar-refractivity contribution in [2.24, 2.45) is 5.92 Å². The van der Waals surface area contributed by atoms with Gasteiger partial charge >= 0.3 is 0 Å². The Balaban J connectivity index is 2.20. The van der Waals surface area contributed by atoms with E-state index in [0.29, 0.717) is 11.3 Å². The third kappa shape index (κ3) is 2.06. The molecule has 0 unspecified atom stereocenters. The predicted molar refractivity (Wildman–Crippen MR) is 70.1 cm³/mol. The highest BCUT2D eigenvalue weighted by molar-refractivity contribution is 7.18. The fraction of sp³-hybridized carbons (Fsp3) is 0.462. The van der Waals surface area contributed by atoms with Crippen LogP contribution in [0.3, 0.4) is 0 Å². The number of hydrogen-bond acceptors (Lipinski definition) is 5. The highest BCUT2D eigenvalue weighted by atomic mass is 32.1. The Morgan fingerprint density at radius 2 is 2.42 bits per heavy atom. The van der Waals surface area contributed by atoms with Crippen molar-refractivity contribution in [2.75, 3.05) is 0 Å². The number of carboxylic acid groups (broad SMARTS) is 1. The van der Waals surface area contributed by atoms with Crippen LogP contribution in [0.5, 0.6) is 0 Å². The molecule has 1 atom stereocenters. The lowest BCUT2D eigenvalue weighted by Gasteiger charge is -2.17. The minimum atomic E-state index is -1.28. The molecule has 0 radical (unpaired) electrons. The molecule has 100 valence electrons. The van der Waals surface area contributed by atoms with Crippen LogP contribution in [0.25, 0.3) is 10.2 Å². The zero-order chi connectivity index (χ0) is 13.6. The molecular formula is C13H13N2O3S-. The summed E-state index contributed by atoms with van der Waals surface area (Å²) in [6.45, 7) is 1.76. The van der Waals surface area contributed by atoms with E-state index >= 15 is 0 Å². The zero-order valence-electron chi connectivity index (χ0n) is 10.5. The number of carboxylic acids is 1. The van der Waals surface area contributed by atoms with Crippen LogP contribution >= 0.6 is 11.3 Å². The quantitative estimate of drug-likeness (QED) is 0.793. The van der Waals surface area contributed by atoms with Crippen LogP contribution in [0.4, 0.5) is 0 Å². The monoisotopic (exact) mass is 277 g/mol. The van der Waals surface area contributed by atoms with Crippen molar-refractivity contribution in [3.05, 3.63) is 27.1 Å². The maximum atomic E-state index is 12.3. The Hall–Kier alpha value is -1.69. The Labute approximate surface area is 113 Å². The number of carbonyl (C=O) groups excluding carboxylic acids is 1. The van der Waals surface area contributed by atoms with Crippen LogP contribution in [-0.2, 0) is 24.2 Å². The number of rotatable bonds is 2. The summed E-state index contributed by atoms with van der Waals surface area (Å²) in [6, 6.07) is 0. The number of aliphatic carboxylic acids is 1. The third-order valence-corrected chi connectivity index (χ3v) is 4.74. The lowest BCUT2D eigenvalue weighted by atomic mass is 9.89. The number of fused-ring (bicyclic) bond motifs is 3. The van der Waals surface area contributed by atoms with E-state index in [2.05, 4.69) is 11.9 Å². The fourth-order valence-corrected chi connectivity index (χ4v) is 3.96. The number of nitrogens with zero attached hydrogens (tertiary/aromatic N) is 2. The molecule has 2 aromatic rings. The maximum Gasteiger partial charge on any atom is 0.262 e. The van der Waals surface area contributed by atoms with Crippen molar-refractivity contribution in [2.45, 2.75) is 32.7 Å². The van der Waals surface area contributed by atoms with Crippen LogP contribution in [-0.4, -0.2) is 15.5 Å². The molecule has 1 aliphatic rings. The Bertz CT molecular complexity index is 716. The predicted octanol–water partition coefficient (Wildman–Crippen LogP) is 0.333. The van der Waals surface area contributed by atoms with Crippen LogP contribution in [0.1, 0.15) is 23.8 Å². The van der Waals surface area contributed by atoms with E-state index in [1.165, 1.54) is 11.2 Å². The average molecular weight is 277 g/mol. The van der Waals surface area contributed by atoms with Crippen molar-refractivity contribution in [3.8, 4) is 0 Å². The summed E-state index contributed by atoms with van der Waals surface area (Å²) in [5.74, 6) is -0.646. The number of aryl methyl sites for hydroxylation is 1. The lowest BCUT2D eigenvalue weighted by molar-refractivity contribution is -0.306. The van der Waals surface area contributed by atoms with Gasteiger partial charge in [-0.1, -0.05) is 6.92 Å². The van der Waals surface area contributed by atoms with Crippen molar-refractivity contribution in [3.63, 3.8) is 0 Å². The molecule has 0 saturated heterocycles. The summed E-state index contributed by atoms with van der Waals surface area (Å²) in [6.07, 6.45) is 4.22. The number of thiophene rings is 1. The minimum Gasteiger partial charge on any atom is -0.548 e. The molecule has 0 bridgehead atoms. The second-order valence-electron chi connectivity index (χ2n) is 5.08. The standard InChI is InChI=1S/C13H14N2O3S/c1-7-2-3-8-9(4-7)19-12-11(8)13(18)15(6-14-12)5-10(16)17/h6-7H,2-5H2,1H3,(H,16,17)/p-1/t7-/m0/s1. The van der Waals surface area contributed by atoms with E-state index in [0.717, 1.165) is 34.2 Å². The van der Waals surface area contributed by atoms with Gasteiger partial charge in [0.15, 0.2) is 0 Å². The van der Waals surface area contributed by atoms with E-state index < -0.39 is 12.5 Å². The second-order valence-corrected chi connectivity index (χ2v) is 6.17. The van der Waals surface area contributed by atoms with Gasteiger partial charge in [-0.15, -0.1) is 11.3 Å². The first-order chi connectivity index (χ1) is 9.06. The van der Waals surface area contributed by atoms with Crippen LogP contribution in [0, 0.1) is 5.92 Å². The minimum absolute atomic E-state index is 0.263. The first-order valence-electron chi connectivity index (χ1n) is 6.25. The molecule has 1 aliphatic carbocycles. The van der Waals surface area contributed by atoms with E-state index in [4.69, 9.17) is 0 Å². The van der Waals surface area contributed by atoms with Crippen molar-refractivity contribution in [1.29, 1.82) is 0 Å². The van der Waals surface area contributed by atoms with Crippen molar-refractivity contribution in [1.82, 2.24) is 9.55 Å². The summed E-state index contributed by atoms with van der Waals surface area (Å²) in [5.41, 5.74) is 0.810. The van der Waals surface area contributed by atoms with Gasteiger partial charge in [-0.05, 0) is 30.7 Å². The molecular weight excluding hydrogens is 264 g/mol. The van der Waals surface area contributed by atoms with Crippen molar-refractivity contribution >= 4 is 27.5 Å². The molecule has 5 nitrogen and oxygen atoms in total. The van der Waals surface area contributed by atoms with Gasteiger partial charge in [0.05, 0.1) is 24.2 Å². The van der Waals surface area contributed by atoms with Crippen LogP contribution < -0.4 is 10.7 Å². The van der Waals surface area contributed by atoms with E-state index in [9.17, 15) is 14.7 Å². The van der Waals surface area contributed by atoms with Crippen LogP contribution in [0.2, 0.25) is 0 Å². The highest BCUT2D eigenvalue weighted by Gasteiger charge is 2.22. The van der Waals surface area contributed by atoms with Gasteiger partial charge in [-0.3, -0.25) is 9.36 Å². The molecule has 19 heavy (non-hydrogen) atoms. The third-order valence-electron chi connectivity index (χ3n) is 3.58. The molecule has 0 aliphatic heterocycles. The normalized spacial score (nSPS) is 18.5. The first kappa shape index (κ1) is 12.3.